The molecule has 0 aromatic carbocycles. The van der Waals surface area contributed by atoms with Gasteiger partial charge in [-0.2, -0.15) is 13.2 Å². The second-order valence-electron chi connectivity index (χ2n) is 7.62. The number of carbonyl (C=O) groups is 2. The number of hydrogen-bond donors (Lipinski definition) is 1. The largest absolute Gasteiger partial charge is 0.490 e. The van der Waals surface area contributed by atoms with E-state index in [1.807, 2.05) is 24.6 Å². The van der Waals surface area contributed by atoms with Crippen LogP contribution in [0.5, 0.6) is 0 Å². The number of imidazole rings is 1. The maximum Gasteiger partial charge on any atom is 0.490 e. The number of amides is 1. The summed E-state index contributed by atoms with van der Waals surface area (Å²) in [5.74, 6) is -1.88. The number of likely N-dealkylation sites (N-methyl/N-ethyl adjacent to an activating group) is 1. The van der Waals surface area contributed by atoms with E-state index < -0.39 is 33.9 Å². The minimum Gasteiger partial charge on any atom is -0.475 e. The van der Waals surface area contributed by atoms with Gasteiger partial charge in [0.1, 0.15) is 11.4 Å². The molecule has 2 aliphatic heterocycles. The van der Waals surface area contributed by atoms with Gasteiger partial charge < -0.3 is 19.3 Å². The number of alkyl halides is 3. The summed E-state index contributed by atoms with van der Waals surface area (Å²) in [5.41, 5.74) is -0.699. The summed E-state index contributed by atoms with van der Waals surface area (Å²) in [5, 5.41) is 7.12. The lowest BCUT2D eigenvalue weighted by atomic mass is 9.89. The molecule has 0 aliphatic carbocycles. The minimum absolute atomic E-state index is 0.0164. The fourth-order valence-corrected chi connectivity index (χ4v) is 5.02. The van der Waals surface area contributed by atoms with Gasteiger partial charge in [0.25, 0.3) is 5.91 Å². The van der Waals surface area contributed by atoms with Crippen LogP contribution in [0.4, 0.5) is 13.2 Å². The number of hydrogen-bond acceptors (Lipinski definition) is 6. The van der Waals surface area contributed by atoms with Crippen LogP contribution in [0, 0.1) is 0 Å². The van der Waals surface area contributed by atoms with Crippen molar-refractivity contribution in [3.05, 3.63) is 18.2 Å². The molecule has 3 rings (SSSR count). The van der Waals surface area contributed by atoms with Gasteiger partial charge in [-0.25, -0.2) is 22.5 Å². The average Bonchev–Trinajstić information content (AvgIpc) is 3.24. The van der Waals surface area contributed by atoms with Crippen LogP contribution in [0.2, 0.25) is 0 Å². The predicted molar refractivity (Wildman–Crippen MR) is 111 cm³/mol. The standard InChI is InChI=1S/C17H28N4O4S.C2HF3O2/c1-4-19(5-2)15(22)14-13-20-12-9-18-16(20)17(25-14)7-10-21(11-8-17)26(23,24)6-3;3-2(4,5)1(6)7/h9,12,14H,4-8,10-11,13H2,1-3H3;(H,6,7). The molecule has 1 N–H and O–H groups in total. The molecular weight excluding hydrogens is 469 g/mol. The van der Waals surface area contributed by atoms with Crippen LogP contribution in [-0.4, -0.2) is 88.4 Å². The summed E-state index contributed by atoms with van der Waals surface area (Å²) in [6, 6.07) is 0. The Hall–Kier alpha value is -2.19. The zero-order valence-electron chi connectivity index (χ0n) is 18.7. The van der Waals surface area contributed by atoms with Crippen molar-refractivity contribution in [2.24, 2.45) is 0 Å². The highest BCUT2D eigenvalue weighted by Crippen LogP contribution is 2.40. The van der Waals surface area contributed by atoms with E-state index >= 15 is 0 Å². The summed E-state index contributed by atoms with van der Waals surface area (Å²) in [6.45, 7) is 8.06. The van der Waals surface area contributed by atoms with Gasteiger partial charge in [-0.15, -0.1) is 0 Å². The third kappa shape index (κ3) is 6.03. The number of carbonyl (C=O) groups excluding carboxylic acids is 1. The first-order valence-corrected chi connectivity index (χ1v) is 12.2. The molecule has 33 heavy (non-hydrogen) atoms. The number of aliphatic carboxylic acids is 1. The Morgan fingerprint density at radius 2 is 1.79 bits per heavy atom. The maximum atomic E-state index is 12.8. The first-order valence-electron chi connectivity index (χ1n) is 10.6. The van der Waals surface area contributed by atoms with Crippen LogP contribution in [0.3, 0.4) is 0 Å². The Bertz CT molecular complexity index is 938. The van der Waals surface area contributed by atoms with E-state index in [0.29, 0.717) is 45.6 Å². The number of halogens is 3. The number of nitrogens with zero attached hydrogens (tertiary/aromatic N) is 4. The maximum absolute atomic E-state index is 12.8. The molecule has 1 fully saturated rings. The van der Waals surface area contributed by atoms with Crippen molar-refractivity contribution in [3.8, 4) is 0 Å². The van der Waals surface area contributed by atoms with Gasteiger partial charge in [-0.1, -0.05) is 0 Å². The van der Waals surface area contributed by atoms with Gasteiger partial charge in [-0.05, 0) is 33.6 Å². The molecule has 1 aromatic heterocycles. The number of rotatable bonds is 5. The third-order valence-electron chi connectivity index (χ3n) is 5.73. The SMILES string of the molecule is CCN(CC)C(=O)C1Cn2ccnc2C2(CCN(S(=O)(=O)CC)CC2)O1.O=C(O)C(F)(F)F. The van der Waals surface area contributed by atoms with Gasteiger partial charge >= 0.3 is 12.1 Å². The molecule has 3 heterocycles. The van der Waals surface area contributed by atoms with Crippen molar-refractivity contribution in [1.82, 2.24) is 18.8 Å². The summed E-state index contributed by atoms with van der Waals surface area (Å²) in [4.78, 5) is 28.0. The van der Waals surface area contributed by atoms with Crippen molar-refractivity contribution in [2.75, 3.05) is 31.9 Å². The van der Waals surface area contributed by atoms with Crippen LogP contribution >= 0.6 is 0 Å². The molecule has 1 unspecified atom stereocenters. The molecule has 188 valence electrons. The number of sulfonamides is 1. The quantitative estimate of drug-likeness (QED) is 0.652. The lowest BCUT2D eigenvalue weighted by molar-refractivity contribution is -0.192. The van der Waals surface area contributed by atoms with Crippen LogP contribution < -0.4 is 0 Å². The molecular formula is C19H29F3N4O6S. The zero-order chi connectivity index (χ0) is 25.0. The molecule has 0 bridgehead atoms. The smallest absolute Gasteiger partial charge is 0.475 e. The topological polar surface area (TPSA) is 122 Å². The van der Waals surface area contributed by atoms with Crippen LogP contribution in [0.25, 0.3) is 0 Å². The van der Waals surface area contributed by atoms with E-state index in [2.05, 4.69) is 4.98 Å². The van der Waals surface area contributed by atoms with Crippen LogP contribution in [-0.2, 0) is 36.5 Å². The van der Waals surface area contributed by atoms with E-state index in [9.17, 15) is 26.4 Å². The second-order valence-corrected chi connectivity index (χ2v) is 9.87. The molecule has 0 radical (unpaired) electrons. The first kappa shape index (κ1) is 27.1. The number of piperidine rings is 1. The molecule has 2 aliphatic rings. The first-order chi connectivity index (χ1) is 15.3. The zero-order valence-corrected chi connectivity index (χ0v) is 19.5. The summed E-state index contributed by atoms with van der Waals surface area (Å²) >= 11 is 0. The Labute approximate surface area is 190 Å². The molecule has 0 saturated carbocycles. The molecule has 1 spiro atoms. The predicted octanol–water partition coefficient (Wildman–Crippen LogP) is 1.42. The highest BCUT2D eigenvalue weighted by Gasteiger charge is 2.48. The van der Waals surface area contributed by atoms with Crippen LogP contribution in [0.15, 0.2) is 12.4 Å². The number of aromatic nitrogens is 2. The summed E-state index contributed by atoms with van der Waals surface area (Å²) in [7, 11) is -3.22. The minimum atomic E-state index is -5.08. The van der Waals surface area contributed by atoms with E-state index in [0.717, 1.165) is 5.82 Å². The van der Waals surface area contributed by atoms with Crippen molar-refractivity contribution in [1.29, 1.82) is 0 Å². The van der Waals surface area contributed by atoms with E-state index in [-0.39, 0.29) is 11.7 Å². The number of ether oxygens (including phenoxy) is 1. The van der Waals surface area contributed by atoms with Gasteiger partial charge in [-0.3, -0.25) is 4.79 Å². The lowest BCUT2D eigenvalue weighted by Gasteiger charge is -2.45. The second kappa shape index (κ2) is 10.4. The van der Waals surface area contributed by atoms with Crippen molar-refractivity contribution in [3.63, 3.8) is 0 Å². The summed E-state index contributed by atoms with van der Waals surface area (Å²) in [6.07, 6.45) is -1.04. The van der Waals surface area contributed by atoms with Gasteiger partial charge in [0, 0.05) is 38.6 Å². The fourth-order valence-electron chi connectivity index (χ4n) is 3.91. The number of carboxylic acid groups (broad SMARTS) is 1. The van der Waals surface area contributed by atoms with Crippen LogP contribution in [0.1, 0.15) is 39.4 Å². The fraction of sp³-hybridized carbons (Fsp3) is 0.737. The lowest BCUT2D eigenvalue weighted by Crippen LogP contribution is -2.55. The number of fused-ring (bicyclic) bond motifs is 2. The Kier molecular flexibility index (Phi) is 8.52. The van der Waals surface area contributed by atoms with E-state index in [1.165, 1.54) is 4.31 Å². The van der Waals surface area contributed by atoms with E-state index in [4.69, 9.17) is 14.6 Å². The monoisotopic (exact) mass is 498 g/mol. The summed E-state index contributed by atoms with van der Waals surface area (Å²) < 4.78 is 65.9. The Balaban J connectivity index is 0.000000479. The molecule has 1 saturated heterocycles. The Morgan fingerprint density at radius 1 is 1.24 bits per heavy atom. The molecule has 1 atom stereocenters. The van der Waals surface area contributed by atoms with Gasteiger partial charge in [0.05, 0.1) is 12.3 Å². The molecule has 10 nitrogen and oxygen atoms in total. The normalized spacial score (nSPS) is 20.5. The van der Waals surface area contributed by atoms with Crippen molar-refractivity contribution >= 4 is 21.9 Å². The van der Waals surface area contributed by atoms with Crippen molar-refractivity contribution < 1.29 is 41.0 Å². The van der Waals surface area contributed by atoms with Crippen molar-refractivity contribution in [2.45, 2.75) is 58.0 Å². The highest BCUT2D eigenvalue weighted by atomic mass is 32.2. The average molecular weight is 499 g/mol. The third-order valence-corrected chi connectivity index (χ3v) is 7.62. The van der Waals surface area contributed by atoms with E-state index in [1.54, 1.807) is 18.0 Å². The Morgan fingerprint density at radius 3 is 2.24 bits per heavy atom. The molecule has 14 heteroatoms. The van der Waals surface area contributed by atoms with Gasteiger partial charge in [0.2, 0.25) is 10.0 Å². The molecule has 1 aromatic rings. The highest BCUT2D eigenvalue weighted by molar-refractivity contribution is 7.89. The van der Waals surface area contributed by atoms with Gasteiger partial charge in [0.15, 0.2) is 6.10 Å². The molecule has 1 amide bonds. The number of carboxylic acids is 1.